The highest BCUT2D eigenvalue weighted by atomic mass is 14.8. The van der Waals surface area contributed by atoms with Gasteiger partial charge in [0.05, 0.1) is 5.71 Å². The van der Waals surface area contributed by atoms with Gasteiger partial charge in [-0.05, 0) is 94.9 Å². The van der Waals surface area contributed by atoms with Crippen LogP contribution in [-0.2, 0) is 5.41 Å². The highest BCUT2D eigenvalue weighted by Gasteiger charge is 2.37. The predicted molar refractivity (Wildman–Crippen MR) is 251 cm³/mol. The molecule has 1 N–H and O–H groups in total. The third-order valence-electron chi connectivity index (χ3n) is 12.0. The fourth-order valence-corrected chi connectivity index (χ4v) is 9.11. The van der Waals surface area contributed by atoms with Crippen molar-refractivity contribution < 1.29 is 0 Å². The first-order valence-corrected chi connectivity index (χ1v) is 20.3. The first-order valence-electron chi connectivity index (χ1n) is 20.3. The lowest BCUT2D eigenvalue weighted by Gasteiger charge is -2.24. The zero-order chi connectivity index (χ0) is 39.9. The number of benzene rings is 9. The normalized spacial score (nSPS) is 13.2. The average Bonchev–Trinajstić information content (AvgIpc) is 3.53. The van der Waals surface area contributed by atoms with E-state index in [1.165, 1.54) is 66.2 Å². The van der Waals surface area contributed by atoms with Crippen LogP contribution in [0.1, 0.15) is 41.7 Å². The average molecular weight is 755 g/mol. The van der Waals surface area contributed by atoms with Crippen LogP contribution in [0.2, 0.25) is 0 Å². The van der Waals surface area contributed by atoms with Gasteiger partial charge in [0.25, 0.3) is 0 Å². The monoisotopic (exact) mass is 754 g/mol. The van der Waals surface area contributed by atoms with Crippen LogP contribution in [0.4, 0.5) is 0 Å². The number of hydrogen-bond acceptors (Lipinski definition) is 1. The van der Waals surface area contributed by atoms with Crippen molar-refractivity contribution in [1.29, 1.82) is 5.41 Å². The molecule has 0 aliphatic heterocycles. The van der Waals surface area contributed by atoms with Gasteiger partial charge in [0.15, 0.2) is 5.84 Å². The van der Waals surface area contributed by atoms with Crippen LogP contribution in [0.15, 0.2) is 211 Å². The Bertz CT molecular complexity index is 3120. The number of aliphatic imine (C=N–C) groups is 1. The van der Waals surface area contributed by atoms with E-state index in [0.29, 0.717) is 0 Å². The number of nitrogens with zero attached hydrogens (tertiary/aromatic N) is 1. The van der Waals surface area contributed by atoms with Crippen molar-refractivity contribution in [1.82, 2.24) is 0 Å². The second kappa shape index (κ2) is 14.8. The Kier molecular flexibility index (Phi) is 9.03. The lowest BCUT2D eigenvalue weighted by atomic mass is 9.79. The largest absolute Gasteiger partial charge is 0.282 e. The van der Waals surface area contributed by atoms with Gasteiger partial charge in [0.2, 0.25) is 0 Å². The van der Waals surface area contributed by atoms with E-state index in [1.54, 1.807) is 0 Å². The molecule has 2 nitrogen and oxygen atoms in total. The van der Waals surface area contributed by atoms with Crippen molar-refractivity contribution in [2.75, 3.05) is 0 Å². The van der Waals surface area contributed by atoms with Crippen LogP contribution in [-0.4, -0.2) is 11.5 Å². The predicted octanol–water partition coefficient (Wildman–Crippen LogP) is 14.8. The molecule has 0 amide bonds. The molecule has 10 rings (SSSR count). The van der Waals surface area contributed by atoms with Gasteiger partial charge in [-0.3, -0.25) is 5.41 Å². The molecule has 0 heterocycles. The molecule has 2 heteroatoms. The Balaban J connectivity index is 1.01. The van der Waals surface area contributed by atoms with Gasteiger partial charge in [-0.2, -0.15) is 0 Å². The van der Waals surface area contributed by atoms with E-state index < -0.39 is 0 Å². The molecular weight excluding hydrogens is 713 g/mol. The van der Waals surface area contributed by atoms with Crippen LogP contribution in [0, 0.1) is 5.41 Å². The molecule has 0 bridgehead atoms. The van der Waals surface area contributed by atoms with Gasteiger partial charge in [-0.25, -0.2) is 4.99 Å². The molecule has 280 valence electrons. The molecule has 0 saturated heterocycles. The maximum atomic E-state index is 9.01. The Hall–Kier alpha value is -7.42. The van der Waals surface area contributed by atoms with Crippen molar-refractivity contribution in [2.24, 2.45) is 4.99 Å². The lowest BCUT2D eigenvalue weighted by Crippen LogP contribution is -2.16. The van der Waals surface area contributed by atoms with Crippen molar-refractivity contribution in [3.63, 3.8) is 0 Å². The maximum Gasteiger partial charge on any atom is 0.152 e. The van der Waals surface area contributed by atoms with E-state index in [-0.39, 0.29) is 11.3 Å². The van der Waals surface area contributed by atoms with Gasteiger partial charge < -0.3 is 0 Å². The minimum Gasteiger partial charge on any atom is -0.282 e. The molecule has 0 saturated carbocycles. The minimum atomic E-state index is -0.0767. The third kappa shape index (κ3) is 6.49. The topological polar surface area (TPSA) is 36.2 Å². The zero-order valence-corrected chi connectivity index (χ0v) is 33.2. The van der Waals surface area contributed by atoms with Crippen molar-refractivity contribution >= 4 is 39.2 Å². The van der Waals surface area contributed by atoms with Gasteiger partial charge in [0, 0.05) is 16.5 Å². The number of fused-ring (bicyclic) bond motifs is 5. The van der Waals surface area contributed by atoms with E-state index in [4.69, 9.17) is 10.4 Å². The van der Waals surface area contributed by atoms with E-state index in [9.17, 15) is 0 Å². The first-order chi connectivity index (χ1) is 28.9. The summed E-state index contributed by atoms with van der Waals surface area (Å²) in [5.41, 5.74) is 16.1. The molecular formula is C57H42N2. The Morgan fingerprint density at radius 1 is 0.458 bits per heavy atom. The van der Waals surface area contributed by atoms with Gasteiger partial charge in [0.1, 0.15) is 0 Å². The molecule has 1 aliphatic carbocycles. The summed E-state index contributed by atoms with van der Waals surface area (Å²) in [5.74, 6) is 0.220. The van der Waals surface area contributed by atoms with Crippen molar-refractivity contribution in [3.05, 3.63) is 234 Å². The molecule has 0 atom stereocenters. The Labute approximate surface area is 346 Å². The zero-order valence-electron chi connectivity index (χ0n) is 33.2. The summed E-state index contributed by atoms with van der Waals surface area (Å²) in [5, 5.41) is 13.8. The van der Waals surface area contributed by atoms with Crippen LogP contribution in [0.3, 0.4) is 0 Å². The van der Waals surface area contributed by atoms with Crippen LogP contribution < -0.4 is 0 Å². The summed E-state index contributed by atoms with van der Waals surface area (Å²) in [6, 6.07) is 71.0. The van der Waals surface area contributed by atoms with E-state index in [2.05, 4.69) is 196 Å². The molecule has 0 fully saturated rings. The summed E-state index contributed by atoms with van der Waals surface area (Å²) in [4.78, 5) is 4.96. The number of nitrogens with one attached hydrogen (secondary N) is 1. The molecule has 9 aromatic rings. The summed E-state index contributed by atoms with van der Waals surface area (Å²) < 4.78 is 0. The molecule has 59 heavy (non-hydrogen) atoms. The second-order valence-corrected chi connectivity index (χ2v) is 15.9. The Morgan fingerprint density at radius 2 is 1.03 bits per heavy atom. The number of allylic oxidation sites excluding steroid dienone is 1. The van der Waals surface area contributed by atoms with E-state index >= 15 is 0 Å². The fourth-order valence-electron chi connectivity index (χ4n) is 9.11. The quantitative estimate of drug-likeness (QED) is 0.124. The molecule has 0 unspecified atom stereocenters. The number of hydrogen-bond donors (Lipinski definition) is 1. The molecule has 1 aliphatic rings. The van der Waals surface area contributed by atoms with Gasteiger partial charge >= 0.3 is 0 Å². The van der Waals surface area contributed by atoms with Crippen molar-refractivity contribution in [2.45, 2.75) is 19.3 Å². The van der Waals surface area contributed by atoms with Crippen LogP contribution >= 0.6 is 0 Å². The molecule has 0 spiro atoms. The van der Waals surface area contributed by atoms with Crippen LogP contribution in [0.25, 0.3) is 72.1 Å². The van der Waals surface area contributed by atoms with Gasteiger partial charge in [-0.15, -0.1) is 0 Å². The lowest BCUT2D eigenvalue weighted by molar-refractivity contribution is 0.662. The second-order valence-electron chi connectivity index (χ2n) is 15.9. The maximum absolute atomic E-state index is 9.01. The highest BCUT2D eigenvalue weighted by Crippen LogP contribution is 2.52. The first kappa shape index (κ1) is 36.0. The summed E-state index contributed by atoms with van der Waals surface area (Å²) in [6.45, 7) is 4.70. The molecule has 0 aromatic heterocycles. The number of rotatable bonds is 7. The highest BCUT2D eigenvalue weighted by molar-refractivity contribution is 6.18. The summed E-state index contributed by atoms with van der Waals surface area (Å²) >= 11 is 0. The van der Waals surface area contributed by atoms with Gasteiger partial charge in [-0.1, -0.05) is 214 Å². The summed E-state index contributed by atoms with van der Waals surface area (Å²) in [6.07, 6.45) is 4.21. The minimum absolute atomic E-state index is 0.0767. The SMILES string of the molecule is CC1(C)c2ccccc2-c2cccc(-c3ccc(-c4ccc(/C=C/C(=NC(=N)c5ccccc5)c5cccc(-c6cccc7ccccc67)c5)c5ccccc45)cc3)c21. The fraction of sp³-hybridized carbons (Fsp3) is 0.0526. The van der Waals surface area contributed by atoms with Crippen LogP contribution in [0.5, 0.6) is 0 Å². The van der Waals surface area contributed by atoms with Crippen molar-refractivity contribution in [3.8, 4) is 44.5 Å². The number of amidine groups is 1. The van der Waals surface area contributed by atoms with E-state index in [0.717, 1.165) is 33.4 Å². The van der Waals surface area contributed by atoms with E-state index in [1.807, 2.05) is 30.3 Å². The Morgan fingerprint density at radius 3 is 1.86 bits per heavy atom. The molecule has 0 radical (unpaired) electrons. The molecule has 9 aromatic carbocycles. The smallest absolute Gasteiger partial charge is 0.152 e. The standard InChI is InChI=1S/C57H42N2/c1-57(2)53-28-11-10-24-51(53)52-27-14-26-49(55(52)57)41-31-29-39(30-32-41)48-35-33-40(46-22-8-9-23-50(46)48)34-36-54(59-56(58)42-16-4-3-5-17-42)44-20-12-19-43(37-44)47-25-13-18-38-15-6-7-21-45(38)47/h3-37,58H,1-2H3/b36-34+,58-56?,59-54?. The third-order valence-corrected chi connectivity index (χ3v) is 12.0. The summed E-state index contributed by atoms with van der Waals surface area (Å²) in [7, 11) is 0.